The third-order valence-electron chi connectivity index (χ3n) is 0. The minimum absolute atomic E-state index is 0. The third-order valence-corrected chi connectivity index (χ3v) is 0. The van der Waals surface area contributed by atoms with Gasteiger partial charge in [-0.05, 0) is 23.2 Å². The van der Waals surface area contributed by atoms with E-state index in [4.69, 9.17) is 4.79 Å². The number of halogens is 3. The van der Waals surface area contributed by atoms with Crippen LogP contribution >= 0.6 is 47.2 Å². The zero-order valence-electron chi connectivity index (χ0n) is 2.07. The highest BCUT2D eigenvalue weighted by Crippen LogP contribution is 1.84. The van der Waals surface area contributed by atoms with Crippen LogP contribution in [-0.2, 0) is 0 Å². The molecule has 0 aliphatic rings. The topological polar surface area (TPSA) is 17.1 Å². The molecule has 0 unspecified atom stereocenters. The molecule has 0 rings (SSSR count). The Labute approximate surface area is 56.7 Å². The minimum Gasteiger partial charge on any atom is -0.262 e. The first-order valence-corrected chi connectivity index (χ1v) is 1.34. The Balaban J connectivity index is 0. The van der Waals surface area contributed by atoms with Crippen LogP contribution in [0.4, 0.5) is 4.79 Å². The minimum atomic E-state index is -0.889. The molecule has 0 aliphatic heterocycles. The van der Waals surface area contributed by atoms with E-state index in [0.29, 0.717) is 0 Å². The Kier molecular flexibility index (Phi) is 9.33. The molecule has 0 aromatic rings. The van der Waals surface area contributed by atoms with Gasteiger partial charge in [-0.25, -0.2) is 0 Å². The summed E-state index contributed by atoms with van der Waals surface area (Å²) in [5.74, 6) is 0. The summed E-state index contributed by atoms with van der Waals surface area (Å²) in [7, 11) is 0. The number of carbonyl (C=O) groups excluding carboxylic acids is 1. The highest BCUT2D eigenvalue weighted by molar-refractivity contribution is 14.0. The Morgan fingerprint density at radius 3 is 1.40 bits per heavy atom. The molecule has 0 bridgehead atoms. The van der Waals surface area contributed by atoms with Gasteiger partial charge in [0.05, 0.1) is 0 Å². The summed E-state index contributed by atoms with van der Waals surface area (Å²) in [6.07, 6.45) is 0. The lowest BCUT2D eigenvalue weighted by molar-refractivity contribution is 0.275. The molecule has 0 radical (unpaired) electrons. The quantitative estimate of drug-likeness (QED) is 0.457. The molecule has 0 heterocycles. The Hall–Kier alpha value is 0.980. The first-order valence-electron chi connectivity index (χ1n) is 0.582. The average Bonchev–Trinajstić information content (AvgIpc) is 0.811. The van der Waals surface area contributed by atoms with E-state index in [2.05, 4.69) is 23.2 Å². The molecular weight excluding hydrogens is 226 g/mol. The molecule has 32 valence electrons. The van der Waals surface area contributed by atoms with Crippen molar-refractivity contribution in [2.75, 3.05) is 0 Å². The monoisotopic (exact) mass is 226 g/mol. The van der Waals surface area contributed by atoms with Gasteiger partial charge >= 0.3 is 4.70 Å². The fourth-order valence-electron chi connectivity index (χ4n) is 0. The maximum atomic E-state index is 8.98. The zero-order valence-corrected chi connectivity index (χ0v) is 5.91. The van der Waals surface area contributed by atoms with Crippen molar-refractivity contribution in [3.63, 3.8) is 0 Å². The van der Waals surface area contributed by atoms with E-state index in [-0.39, 0.29) is 24.0 Å². The molecule has 0 aromatic carbocycles. The van der Waals surface area contributed by atoms with Crippen molar-refractivity contribution in [1.29, 1.82) is 0 Å². The standard InChI is InChI=1S/CCl2O.HI/c2-1(3)4;/h;1H. The molecule has 0 aliphatic carbocycles. The van der Waals surface area contributed by atoms with Gasteiger partial charge in [0.1, 0.15) is 0 Å². The van der Waals surface area contributed by atoms with Gasteiger partial charge in [-0.1, -0.05) is 0 Å². The second-order valence-electron chi connectivity index (χ2n) is 0.226. The third kappa shape index (κ3) is 46.0. The van der Waals surface area contributed by atoms with Crippen LogP contribution in [0.1, 0.15) is 0 Å². The predicted molar refractivity (Wildman–Crippen MR) is 32.5 cm³/mol. The van der Waals surface area contributed by atoms with E-state index in [1.165, 1.54) is 0 Å². The van der Waals surface area contributed by atoms with Gasteiger partial charge in [0.15, 0.2) is 0 Å². The summed E-state index contributed by atoms with van der Waals surface area (Å²) in [6, 6.07) is 0. The lowest BCUT2D eigenvalue weighted by atomic mass is 11.8. The molecule has 0 N–H and O–H groups in total. The van der Waals surface area contributed by atoms with Crippen LogP contribution in [-0.4, -0.2) is 4.70 Å². The molecule has 5 heavy (non-hydrogen) atoms. The van der Waals surface area contributed by atoms with Crippen LogP contribution in [0.2, 0.25) is 0 Å². The summed E-state index contributed by atoms with van der Waals surface area (Å²) in [5, 5.41) is 0. The molecule has 0 amide bonds. The van der Waals surface area contributed by atoms with Crippen molar-refractivity contribution < 1.29 is 4.79 Å². The first kappa shape index (κ1) is 9.36. The largest absolute Gasteiger partial charge is 0.313 e. The summed E-state index contributed by atoms with van der Waals surface area (Å²) in [4.78, 5) is 8.98. The van der Waals surface area contributed by atoms with Gasteiger partial charge in [0.25, 0.3) is 0 Å². The lowest BCUT2D eigenvalue weighted by Gasteiger charge is -1.48. The van der Waals surface area contributed by atoms with Crippen LogP contribution in [0.5, 0.6) is 0 Å². The van der Waals surface area contributed by atoms with Gasteiger partial charge < -0.3 is 0 Å². The summed E-state index contributed by atoms with van der Waals surface area (Å²) in [6.45, 7) is 0. The highest BCUT2D eigenvalue weighted by atomic mass is 127. The van der Waals surface area contributed by atoms with Crippen LogP contribution in [0.3, 0.4) is 0 Å². The molecule has 4 heteroatoms. The summed E-state index contributed by atoms with van der Waals surface area (Å²) < 4.78 is -0.889. The second-order valence-corrected chi connectivity index (χ2v) is 1.11. The molecular formula is CHCl2IO. The van der Waals surface area contributed by atoms with Crippen LogP contribution in [0.25, 0.3) is 0 Å². The SMILES string of the molecule is I.O=C(Cl)Cl. The molecule has 0 saturated heterocycles. The molecule has 1 nitrogen and oxygen atoms in total. The van der Waals surface area contributed by atoms with E-state index in [1.54, 1.807) is 0 Å². The van der Waals surface area contributed by atoms with Gasteiger partial charge in [-0.15, -0.1) is 24.0 Å². The number of hydrogen-bond donors (Lipinski definition) is 0. The molecule has 0 fully saturated rings. The van der Waals surface area contributed by atoms with E-state index in [1.807, 2.05) is 0 Å². The molecule has 0 atom stereocenters. The van der Waals surface area contributed by atoms with Crippen LogP contribution < -0.4 is 0 Å². The maximum Gasteiger partial charge on any atom is 0.313 e. The number of hydrogen-bond acceptors (Lipinski definition) is 1. The Morgan fingerprint density at radius 2 is 1.40 bits per heavy atom. The van der Waals surface area contributed by atoms with Crippen LogP contribution in [0.15, 0.2) is 0 Å². The molecule has 0 spiro atoms. The van der Waals surface area contributed by atoms with Crippen molar-refractivity contribution in [2.24, 2.45) is 0 Å². The first-order chi connectivity index (χ1) is 1.73. The summed E-state index contributed by atoms with van der Waals surface area (Å²) >= 11 is 8.80. The van der Waals surface area contributed by atoms with Crippen molar-refractivity contribution in [2.45, 2.75) is 0 Å². The lowest BCUT2D eigenvalue weighted by Crippen LogP contribution is -1.46. The van der Waals surface area contributed by atoms with Crippen molar-refractivity contribution in [3.8, 4) is 0 Å². The average molecular weight is 227 g/mol. The zero-order chi connectivity index (χ0) is 3.58. The van der Waals surface area contributed by atoms with Crippen LogP contribution in [0, 0.1) is 0 Å². The maximum absolute atomic E-state index is 8.98. The molecule has 0 aromatic heterocycles. The Morgan fingerprint density at radius 1 is 1.40 bits per heavy atom. The second kappa shape index (κ2) is 4.98. The van der Waals surface area contributed by atoms with E-state index < -0.39 is 4.70 Å². The van der Waals surface area contributed by atoms with Crippen molar-refractivity contribution in [3.05, 3.63) is 0 Å². The highest BCUT2D eigenvalue weighted by Gasteiger charge is 1.72. The van der Waals surface area contributed by atoms with Gasteiger partial charge in [-0.2, -0.15) is 0 Å². The van der Waals surface area contributed by atoms with Gasteiger partial charge in [-0.3, -0.25) is 4.79 Å². The summed E-state index contributed by atoms with van der Waals surface area (Å²) in [5.41, 5.74) is 0. The van der Waals surface area contributed by atoms with E-state index in [0.717, 1.165) is 0 Å². The fraction of sp³-hybridized carbons (Fsp3) is 0. The normalized spacial score (nSPS) is 5.20. The number of carbonyl (C=O) groups is 1. The van der Waals surface area contributed by atoms with E-state index in [9.17, 15) is 0 Å². The van der Waals surface area contributed by atoms with Crippen molar-refractivity contribution >= 4 is 51.9 Å². The van der Waals surface area contributed by atoms with E-state index >= 15 is 0 Å². The Bertz CT molecular complexity index is 32.6. The smallest absolute Gasteiger partial charge is 0.262 e. The fourth-order valence-corrected chi connectivity index (χ4v) is 0. The van der Waals surface area contributed by atoms with Gasteiger partial charge in [0, 0.05) is 0 Å². The van der Waals surface area contributed by atoms with Crippen molar-refractivity contribution in [1.82, 2.24) is 0 Å². The van der Waals surface area contributed by atoms with Gasteiger partial charge in [0.2, 0.25) is 0 Å². The molecule has 0 saturated carbocycles. The predicted octanol–water partition coefficient (Wildman–Crippen LogP) is 2.20. The number of rotatable bonds is 0.